The largest absolute Gasteiger partial charge is 0.496 e. The lowest BCUT2D eigenvalue weighted by atomic mass is 10.0. The van der Waals surface area contributed by atoms with Crippen LogP contribution in [0.15, 0.2) is 48.5 Å². The molecule has 0 fully saturated rings. The van der Waals surface area contributed by atoms with Crippen molar-refractivity contribution in [2.75, 3.05) is 7.11 Å². The van der Waals surface area contributed by atoms with E-state index in [9.17, 15) is 4.39 Å². The molecule has 2 aromatic carbocycles. The first-order valence-electron chi connectivity index (χ1n) is 6.22. The highest BCUT2D eigenvalue weighted by Crippen LogP contribution is 2.30. The zero-order valence-corrected chi connectivity index (χ0v) is 12.4. The van der Waals surface area contributed by atoms with Crippen LogP contribution in [0, 0.1) is 5.82 Å². The second kappa shape index (κ2) is 6.71. The minimum atomic E-state index is -0.221. The van der Waals surface area contributed by atoms with Gasteiger partial charge in [-0.25, -0.2) is 4.39 Å². The number of hydrogen-bond acceptors (Lipinski definition) is 1. The van der Waals surface area contributed by atoms with Crippen LogP contribution < -0.4 is 4.74 Å². The van der Waals surface area contributed by atoms with Crippen molar-refractivity contribution in [2.45, 2.75) is 17.7 Å². The van der Waals surface area contributed by atoms with E-state index in [0.29, 0.717) is 0 Å². The van der Waals surface area contributed by atoms with E-state index in [1.54, 1.807) is 19.2 Å². The average molecular weight is 323 g/mol. The Labute approximate surface area is 121 Å². The van der Waals surface area contributed by atoms with E-state index >= 15 is 0 Å². The highest BCUT2D eigenvalue weighted by molar-refractivity contribution is 9.09. The van der Waals surface area contributed by atoms with Crippen molar-refractivity contribution < 1.29 is 9.13 Å². The summed E-state index contributed by atoms with van der Waals surface area (Å²) < 4.78 is 18.5. The van der Waals surface area contributed by atoms with Gasteiger partial charge in [0.15, 0.2) is 0 Å². The summed E-state index contributed by atoms with van der Waals surface area (Å²) in [6, 6.07) is 14.9. The number of aryl methyl sites for hydroxylation is 1. The fourth-order valence-corrected chi connectivity index (χ4v) is 2.59. The SMILES string of the molecule is COc1ccc(F)cc1CCC(Br)c1ccccc1. The predicted octanol–water partition coefficient (Wildman–Crippen LogP) is 4.90. The van der Waals surface area contributed by atoms with Gasteiger partial charge in [0.2, 0.25) is 0 Å². The predicted molar refractivity (Wildman–Crippen MR) is 79.4 cm³/mol. The molecule has 0 N–H and O–H groups in total. The molecule has 2 rings (SSSR count). The van der Waals surface area contributed by atoms with Gasteiger partial charge in [-0.3, -0.25) is 0 Å². The molecule has 0 saturated carbocycles. The van der Waals surface area contributed by atoms with Crippen molar-refractivity contribution in [3.05, 3.63) is 65.5 Å². The number of halogens is 2. The molecule has 0 amide bonds. The van der Waals surface area contributed by atoms with Crippen LogP contribution in [0.2, 0.25) is 0 Å². The minimum Gasteiger partial charge on any atom is -0.496 e. The molecular formula is C16H16BrFO. The molecule has 0 bridgehead atoms. The molecule has 0 aliphatic carbocycles. The number of alkyl halides is 1. The van der Waals surface area contributed by atoms with Gasteiger partial charge < -0.3 is 4.74 Å². The first kappa shape index (κ1) is 14.1. The maximum Gasteiger partial charge on any atom is 0.123 e. The van der Waals surface area contributed by atoms with E-state index < -0.39 is 0 Å². The van der Waals surface area contributed by atoms with Crippen molar-refractivity contribution in [2.24, 2.45) is 0 Å². The minimum absolute atomic E-state index is 0.221. The van der Waals surface area contributed by atoms with Crippen molar-refractivity contribution in [1.82, 2.24) is 0 Å². The molecule has 1 unspecified atom stereocenters. The number of hydrogen-bond donors (Lipinski definition) is 0. The molecule has 0 spiro atoms. The molecular weight excluding hydrogens is 307 g/mol. The standard InChI is InChI=1S/C16H16BrFO/c1-19-16-10-8-14(18)11-13(16)7-9-15(17)12-5-3-2-4-6-12/h2-6,8,10-11,15H,7,9H2,1H3. The van der Waals surface area contributed by atoms with Crippen molar-refractivity contribution >= 4 is 15.9 Å². The Morgan fingerprint density at radius 1 is 1.16 bits per heavy atom. The maximum atomic E-state index is 13.3. The lowest BCUT2D eigenvalue weighted by molar-refractivity contribution is 0.407. The first-order valence-corrected chi connectivity index (χ1v) is 7.13. The van der Waals surface area contributed by atoms with Crippen LogP contribution in [0.5, 0.6) is 5.75 Å². The van der Waals surface area contributed by atoms with Gasteiger partial charge in [0.05, 0.1) is 7.11 Å². The van der Waals surface area contributed by atoms with Crippen LogP contribution in [-0.2, 0) is 6.42 Å². The van der Waals surface area contributed by atoms with E-state index in [2.05, 4.69) is 28.1 Å². The average Bonchev–Trinajstić information content (AvgIpc) is 2.46. The number of rotatable bonds is 5. The number of benzene rings is 2. The summed E-state index contributed by atoms with van der Waals surface area (Å²) in [6.45, 7) is 0. The molecule has 3 heteroatoms. The quantitative estimate of drug-likeness (QED) is 0.711. The van der Waals surface area contributed by atoms with Crippen LogP contribution in [0.25, 0.3) is 0 Å². The van der Waals surface area contributed by atoms with Gasteiger partial charge in [-0.1, -0.05) is 46.3 Å². The maximum absolute atomic E-state index is 13.3. The lowest BCUT2D eigenvalue weighted by Gasteiger charge is -2.12. The van der Waals surface area contributed by atoms with Crippen molar-refractivity contribution in [3.8, 4) is 5.75 Å². The molecule has 2 aromatic rings. The third kappa shape index (κ3) is 3.80. The smallest absolute Gasteiger partial charge is 0.123 e. The summed E-state index contributed by atoms with van der Waals surface area (Å²) >= 11 is 3.67. The molecule has 1 atom stereocenters. The molecule has 0 aliphatic heterocycles. The van der Waals surface area contributed by atoms with Gasteiger partial charge in [-0.15, -0.1) is 0 Å². The molecule has 0 radical (unpaired) electrons. The third-order valence-electron chi connectivity index (χ3n) is 3.07. The lowest BCUT2D eigenvalue weighted by Crippen LogP contribution is -1.97. The van der Waals surface area contributed by atoms with Crippen LogP contribution >= 0.6 is 15.9 Å². The third-order valence-corrected chi connectivity index (χ3v) is 4.06. The number of methoxy groups -OCH3 is 1. The molecule has 0 aromatic heterocycles. The van der Waals surface area contributed by atoms with Crippen LogP contribution in [0.4, 0.5) is 4.39 Å². The first-order chi connectivity index (χ1) is 9.20. The summed E-state index contributed by atoms with van der Waals surface area (Å²) in [5.74, 6) is 0.524. The Hall–Kier alpha value is -1.35. The summed E-state index contributed by atoms with van der Waals surface area (Å²) in [4.78, 5) is 0.265. The van der Waals surface area contributed by atoms with Crippen LogP contribution in [0.3, 0.4) is 0 Å². The molecule has 0 heterocycles. The van der Waals surface area contributed by atoms with Gasteiger partial charge in [-0.05, 0) is 42.2 Å². The Kier molecular flexibility index (Phi) is 4.97. The Bertz CT molecular complexity index is 528. The Morgan fingerprint density at radius 2 is 1.89 bits per heavy atom. The summed E-state index contributed by atoms with van der Waals surface area (Å²) in [5.41, 5.74) is 2.14. The second-order valence-corrected chi connectivity index (χ2v) is 5.48. The van der Waals surface area contributed by atoms with Crippen molar-refractivity contribution in [3.63, 3.8) is 0 Å². The van der Waals surface area contributed by atoms with Gasteiger partial charge in [0.25, 0.3) is 0 Å². The van der Waals surface area contributed by atoms with Gasteiger partial charge in [0.1, 0.15) is 11.6 Å². The summed E-state index contributed by atoms with van der Waals surface area (Å²) in [5, 5.41) is 0. The Balaban J connectivity index is 2.04. The van der Waals surface area contributed by atoms with Gasteiger partial charge in [0, 0.05) is 4.83 Å². The second-order valence-electron chi connectivity index (χ2n) is 4.37. The van der Waals surface area contributed by atoms with E-state index in [4.69, 9.17) is 4.74 Å². The van der Waals surface area contributed by atoms with Gasteiger partial charge in [-0.2, -0.15) is 0 Å². The fraction of sp³-hybridized carbons (Fsp3) is 0.250. The highest BCUT2D eigenvalue weighted by atomic mass is 79.9. The van der Waals surface area contributed by atoms with Crippen LogP contribution in [0.1, 0.15) is 22.4 Å². The zero-order valence-electron chi connectivity index (χ0n) is 10.8. The zero-order chi connectivity index (χ0) is 13.7. The summed E-state index contributed by atoms with van der Waals surface area (Å²) in [7, 11) is 1.61. The molecule has 19 heavy (non-hydrogen) atoms. The number of ether oxygens (including phenoxy) is 1. The molecule has 1 nitrogen and oxygen atoms in total. The highest BCUT2D eigenvalue weighted by Gasteiger charge is 2.10. The molecule has 0 saturated heterocycles. The Morgan fingerprint density at radius 3 is 2.58 bits per heavy atom. The van der Waals surface area contributed by atoms with E-state index in [1.807, 2.05) is 18.2 Å². The van der Waals surface area contributed by atoms with E-state index in [1.165, 1.54) is 11.6 Å². The monoisotopic (exact) mass is 322 g/mol. The van der Waals surface area contributed by atoms with Crippen molar-refractivity contribution in [1.29, 1.82) is 0 Å². The normalized spacial score (nSPS) is 12.2. The van der Waals surface area contributed by atoms with E-state index in [-0.39, 0.29) is 10.6 Å². The topological polar surface area (TPSA) is 9.23 Å². The molecule has 0 aliphatic rings. The molecule has 100 valence electrons. The summed E-state index contributed by atoms with van der Waals surface area (Å²) in [6.07, 6.45) is 1.66. The van der Waals surface area contributed by atoms with E-state index in [0.717, 1.165) is 24.2 Å². The fourth-order valence-electron chi connectivity index (χ4n) is 2.05. The van der Waals surface area contributed by atoms with Crippen LogP contribution in [-0.4, -0.2) is 7.11 Å². The van der Waals surface area contributed by atoms with Gasteiger partial charge >= 0.3 is 0 Å².